The maximum atomic E-state index is 12.0. The number of anilines is 2. The van der Waals surface area contributed by atoms with Crippen molar-refractivity contribution in [2.45, 2.75) is 4.90 Å². The minimum atomic E-state index is -0.288. The molecule has 0 aromatic heterocycles. The first-order valence-electron chi connectivity index (χ1n) is 7.00. The van der Waals surface area contributed by atoms with Gasteiger partial charge in [-0.1, -0.05) is 0 Å². The molecule has 2 aromatic rings. The van der Waals surface area contributed by atoms with Crippen molar-refractivity contribution < 1.29 is 9.53 Å². The molecule has 0 fully saturated rings. The van der Waals surface area contributed by atoms with E-state index in [0.29, 0.717) is 11.3 Å². The van der Waals surface area contributed by atoms with Crippen molar-refractivity contribution in [3.63, 3.8) is 0 Å². The van der Waals surface area contributed by atoms with Crippen LogP contribution in [0.5, 0.6) is 5.75 Å². The number of ether oxygens (including phenoxy) is 1. The monoisotopic (exact) mass is 358 g/mol. The number of nitrogens with one attached hydrogen (secondary N) is 3. The highest BCUT2D eigenvalue weighted by molar-refractivity contribution is 7.80. The van der Waals surface area contributed by atoms with E-state index >= 15 is 0 Å². The van der Waals surface area contributed by atoms with E-state index < -0.39 is 0 Å². The Bertz CT molecular complexity index is 834. The van der Waals surface area contributed by atoms with Crippen molar-refractivity contribution in [3.8, 4) is 5.75 Å². The highest BCUT2D eigenvalue weighted by atomic mass is 32.1. The van der Waals surface area contributed by atoms with Crippen LogP contribution in [0.25, 0.3) is 0 Å². The molecule has 3 N–H and O–H groups in total. The van der Waals surface area contributed by atoms with Crippen LogP contribution < -0.4 is 20.8 Å². The van der Waals surface area contributed by atoms with Gasteiger partial charge in [0.1, 0.15) is 5.75 Å². The summed E-state index contributed by atoms with van der Waals surface area (Å²) in [5, 5.41) is 10.1. The van der Waals surface area contributed by atoms with E-state index in [1.165, 1.54) is 0 Å². The summed E-state index contributed by atoms with van der Waals surface area (Å²) in [6.07, 6.45) is 0. The number of nitrogens with zero attached hydrogens (tertiary/aromatic N) is 1. The summed E-state index contributed by atoms with van der Waals surface area (Å²) in [5.41, 5.74) is 5.12. The maximum absolute atomic E-state index is 12.0. The molecule has 24 heavy (non-hydrogen) atoms. The topological polar surface area (TPSA) is 74.8 Å². The molecule has 0 saturated heterocycles. The van der Waals surface area contributed by atoms with E-state index in [4.69, 9.17) is 17.0 Å². The van der Waals surface area contributed by atoms with Crippen LogP contribution in [0.3, 0.4) is 0 Å². The number of methoxy groups -OCH3 is 1. The zero-order chi connectivity index (χ0) is 17.1. The summed E-state index contributed by atoms with van der Waals surface area (Å²) in [6.45, 7) is 0. The lowest BCUT2D eigenvalue weighted by Crippen LogP contribution is -2.27. The Balaban J connectivity index is 1.70. The molecule has 8 heteroatoms. The Labute approximate surface area is 149 Å². The zero-order valence-electron chi connectivity index (χ0n) is 12.7. The number of amides is 1. The van der Waals surface area contributed by atoms with Gasteiger partial charge in [-0.15, -0.1) is 12.6 Å². The fourth-order valence-corrected chi connectivity index (χ4v) is 2.56. The molecule has 6 nitrogen and oxygen atoms in total. The molecule has 1 aliphatic heterocycles. The molecule has 122 valence electrons. The van der Waals surface area contributed by atoms with Gasteiger partial charge in [-0.05, 0) is 54.7 Å². The molecule has 0 atom stereocenters. The second-order valence-electron chi connectivity index (χ2n) is 4.94. The summed E-state index contributed by atoms with van der Waals surface area (Å²) >= 11 is 9.47. The van der Waals surface area contributed by atoms with E-state index in [-0.39, 0.29) is 16.7 Å². The predicted octanol–water partition coefficient (Wildman–Crippen LogP) is 2.63. The largest absolute Gasteiger partial charge is 0.497 e. The Kier molecular flexibility index (Phi) is 4.68. The number of hydrazone groups is 1. The second kappa shape index (κ2) is 6.90. The number of thiocarbonyl (C=S) groups is 1. The summed E-state index contributed by atoms with van der Waals surface area (Å²) in [5.74, 6) is 0.463. The molecule has 1 heterocycles. The Morgan fingerprint density at radius 2 is 2.00 bits per heavy atom. The molecule has 1 amide bonds. The van der Waals surface area contributed by atoms with Crippen molar-refractivity contribution in [3.05, 3.63) is 48.0 Å². The molecule has 0 radical (unpaired) electrons. The van der Waals surface area contributed by atoms with E-state index in [0.717, 1.165) is 16.3 Å². The predicted molar refractivity (Wildman–Crippen MR) is 101 cm³/mol. The number of hydrogen-bond acceptors (Lipinski definition) is 5. The van der Waals surface area contributed by atoms with Gasteiger partial charge in [-0.25, -0.2) is 0 Å². The van der Waals surface area contributed by atoms with Crippen LogP contribution in [0.2, 0.25) is 0 Å². The lowest BCUT2D eigenvalue weighted by atomic mass is 10.1. The van der Waals surface area contributed by atoms with Gasteiger partial charge in [0.15, 0.2) is 10.8 Å². The molecule has 0 aliphatic carbocycles. The highest BCUT2D eigenvalue weighted by Crippen LogP contribution is 2.25. The fourth-order valence-electron chi connectivity index (χ4n) is 2.19. The first-order chi connectivity index (χ1) is 11.6. The fraction of sp³-hybridized carbons (Fsp3) is 0.0625. The molecule has 3 rings (SSSR count). The van der Waals surface area contributed by atoms with Gasteiger partial charge in [0.05, 0.1) is 12.8 Å². The minimum Gasteiger partial charge on any atom is -0.497 e. The maximum Gasteiger partial charge on any atom is 0.276 e. The van der Waals surface area contributed by atoms with Gasteiger partial charge in [0, 0.05) is 16.1 Å². The highest BCUT2D eigenvalue weighted by Gasteiger charge is 2.26. The SMILES string of the molecule is COc1ccc(NC(=S)N/N=C2\C(=O)Nc3ccc(S)cc32)cc1. The van der Waals surface area contributed by atoms with Crippen LogP contribution >= 0.6 is 24.8 Å². The van der Waals surface area contributed by atoms with Gasteiger partial charge in [0.2, 0.25) is 0 Å². The van der Waals surface area contributed by atoms with Crippen LogP contribution in [-0.2, 0) is 4.79 Å². The molecule has 0 unspecified atom stereocenters. The molecular weight excluding hydrogens is 344 g/mol. The Morgan fingerprint density at radius 1 is 1.25 bits per heavy atom. The van der Waals surface area contributed by atoms with Gasteiger partial charge < -0.3 is 15.4 Å². The molecule has 0 saturated carbocycles. The van der Waals surface area contributed by atoms with Crippen molar-refractivity contribution in [1.29, 1.82) is 0 Å². The minimum absolute atomic E-state index is 0.264. The summed E-state index contributed by atoms with van der Waals surface area (Å²) in [7, 11) is 1.60. The number of carbonyl (C=O) groups excluding carboxylic acids is 1. The first kappa shape index (κ1) is 16.3. The second-order valence-corrected chi connectivity index (χ2v) is 5.86. The van der Waals surface area contributed by atoms with Crippen LogP contribution in [0, 0.1) is 0 Å². The van der Waals surface area contributed by atoms with Crippen LogP contribution in [-0.4, -0.2) is 23.8 Å². The third-order valence-corrected chi connectivity index (χ3v) is 3.81. The van der Waals surface area contributed by atoms with Gasteiger partial charge >= 0.3 is 0 Å². The third kappa shape index (κ3) is 3.50. The van der Waals surface area contributed by atoms with Crippen LogP contribution in [0.15, 0.2) is 52.5 Å². The van der Waals surface area contributed by atoms with Gasteiger partial charge in [0.25, 0.3) is 5.91 Å². The molecule has 0 bridgehead atoms. The third-order valence-electron chi connectivity index (χ3n) is 3.34. The number of benzene rings is 2. The van der Waals surface area contributed by atoms with E-state index in [2.05, 4.69) is 33.8 Å². The summed E-state index contributed by atoms with van der Waals surface area (Å²) < 4.78 is 5.10. The molecule has 1 aliphatic rings. The number of thiol groups is 1. The lowest BCUT2D eigenvalue weighted by molar-refractivity contribution is -0.110. The molecular formula is C16H14N4O2S2. The van der Waals surface area contributed by atoms with Crippen molar-refractivity contribution in [2.24, 2.45) is 5.10 Å². The standard InChI is InChI=1S/C16H14N4O2S2/c1-22-10-4-2-9(3-5-10)17-16(24)20-19-14-12-8-11(23)6-7-13(12)18-15(14)21/h2-8,23H,1H3,(H2,17,20,24)(H,18,19,21). The molecule has 2 aromatic carbocycles. The Hall–Kier alpha value is -2.58. The van der Waals surface area contributed by atoms with Crippen molar-refractivity contribution >= 4 is 53.0 Å². The van der Waals surface area contributed by atoms with Crippen molar-refractivity contribution in [1.82, 2.24) is 5.43 Å². The smallest absolute Gasteiger partial charge is 0.276 e. The lowest BCUT2D eigenvalue weighted by Gasteiger charge is -2.08. The van der Waals surface area contributed by atoms with Crippen molar-refractivity contribution in [2.75, 3.05) is 17.7 Å². The zero-order valence-corrected chi connectivity index (χ0v) is 14.4. The first-order valence-corrected chi connectivity index (χ1v) is 7.86. The average Bonchev–Trinajstić information content (AvgIpc) is 2.88. The number of carbonyl (C=O) groups is 1. The van der Waals surface area contributed by atoms with E-state index in [1.54, 1.807) is 25.3 Å². The average molecular weight is 358 g/mol. The summed E-state index contributed by atoms with van der Waals surface area (Å²) in [6, 6.07) is 12.6. The Morgan fingerprint density at radius 3 is 2.71 bits per heavy atom. The van der Waals surface area contributed by atoms with Gasteiger partial charge in [-0.3, -0.25) is 10.2 Å². The molecule has 0 spiro atoms. The van der Waals surface area contributed by atoms with Gasteiger partial charge in [-0.2, -0.15) is 5.10 Å². The normalized spacial score (nSPS) is 14.1. The van der Waals surface area contributed by atoms with E-state index in [1.807, 2.05) is 24.3 Å². The number of hydrogen-bond donors (Lipinski definition) is 4. The quantitative estimate of drug-likeness (QED) is 0.386. The number of rotatable bonds is 3. The van der Waals surface area contributed by atoms with Crippen LogP contribution in [0.4, 0.5) is 11.4 Å². The number of fused-ring (bicyclic) bond motifs is 1. The van der Waals surface area contributed by atoms with Crippen LogP contribution in [0.1, 0.15) is 5.56 Å². The summed E-state index contributed by atoms with van der Waals surface area (Å²) in [4.78, 5) is 12.7. The van der Waals surface area contributed by atoms with E-state index in [9.17, 15) is 4.79 Å².